The molecule has 5 heteroatoms. The Morgan fingerprint density at radius 3 is 3.00 bits per heavy atom. The molecule has 72 valence electrons. The van der Waals surface area contributed by atoms with Gasteiger partial charge in [-0.15, -0.1) is 11.8 Å². The molecule has 1 amide bonds. The van der Waals surface area contributed by atoms with Gasteiger partial charge in [0, 0.05) is 6.42 Å². The Labute approximate surface area is 80.7 Å². The van der Waals surface area contributed by atoms with Gasteiger partial charge in [0.1, 0.15) is 0 Å². The molecule has 0 N–H and O–H groups in total. The zero-order valence-electron chi connectivity index (χ0n) is 7.41. The van der Waals surface area contributed by atoms with Crippen LogP contribution in [0.3, 0.4) is 0 Å². The number of nitrogens with zero attached hydrogens (tertiary/aromatic N) is 1. The fourth-order valence-corrected chi connectivity index (χ4v) is 1.69. The van der Waals surface area contributed by atoms with Crippen LogP contribution in [0.25, 0.3) is 0 Å². The van der Waals surface area contributed by atoms with Crippen LogP contribution in [0.2, 0.25) is 0 Å². The van der Waals surface area contributed by atoms with Crippen molar-refractivity contribution < 1.29 is 14.3 Å². The van der Waals surface area contributed by atoms with E-state index in [0.29, 0.717) is 25.2 Å². The Balaban J connectivity index is 2.23. The van der Waals surface area contributed by atoms with E-state index in [2.05, 4.69) is 4.99 Å². The minimum Gasteiger partial charge on any atom is -0.466 e. The average molecular weight is 201 g/mol. The molecule has 13 heavy (non-hydrogen) atoms. The van der Waals surface area contributed by atoms with Gasteiger partial charge in [-0.05, 0) is 6.92 Å². The summed E-state index contributed by atoms with van der Waals surface area (Å²) in [6, 6.07) is 0. The quantitative estimate of drug-likeness (QED) is 0.637. The highest BCUT2D eigenvalue weighted by Gasteiger charge is 2.15. The summed E-state index contributed by atoms with van der Waals surface area (Å²) in [5, 5.41) is 0.748. The van der Waals surface area contributed by atoms with E-state index in [1.807, 2.05) is 0 Å². The maximum Gasteiger partial charge on any atom is 0.306 e. The zero-order chi connectivity index (χ0) is 9.68. The summed E-state index contributed by atoms with van der Waals surface area (Å²) < 4.78 is 4.74. The third kappa shape index (κ3) is 3.59. The summed E-state index contributed by atoms with van der Waals surface area (Å²) in [7, 11) is 0. The van der Waals surface area contributed by atoms with Crippen LogP contribution in [-0.2, 0) is 14.3 Å². The molecule has 4 nitrogen and oxygen atoms in total. The van der Waals surface area contributed by atoms with Gasteiger partial charge in [-0.3, -0.25) is 9.59 Å². The van der Waals surface area contributed by atoms with E-state index < -0.39 is 0 Å². The number of thioether (sulfide) groups is 1. The SMILES string of the molecule is CCOC(=O)CCC1=NC(=O)CS1. The van der Waals surface area contributed by atoms with Crippen molar-refractivity contribution in [3.8, 4) is 0 Å². The van der Waals surface area contributed by atoms with Gasteiger partial charge in [0.15, 0.2) is 0 Å². The summed E-state index contributed by atoms with van der Waals surface area (Å²) in [5.74, 6) is 0.0760. The normalized spacial score (nSPS) is 15.8. The van der Waals surface area contributed by atoms with Gasteiger partial charge >= 0.3 is 5.97 Å². The summed E-state index contributed by atoms with van der Waals surface area (Å²) in [4.78, 5) is 25.4. The standard InChI is InChI=1S/C8H11NO3S/c1-2-12-8(11)4-3-7-9-6(10)5-13-7/h2-5H2,1H3. The maximum atomic E-state index is 10.9. The second-order valence-corrected chi connectivity index (χ2v) is 3.54. The number of amides is 1. The molecule has 1 rings (SSSR count). The highest BCUT2D eigenvalue weighted by Crippen LogP contribution is 2.16. The number of carbonyl (C=O) groups is 2. The molecule has 0 saturated carbocycles. The molecular weight excluding hydrogens is 190 g/mol. The Kier molecular flexibility index (Phi) is 3.95. The van der Waals surface area contributed by atoms with Gasteiger partial charge in [-0.1, -0.05) is 0 Å². The van der Waals surface area contributed by atoms with Crippen molar-refractivity contribution in [1.29, 1.82) is 0 Å². The van der Waals surface area contributed by atoms with E-state index in [4.69, 9.17) is 4.74 Å². The monoisotopic (exact) mass is 201 g/mol. The zero-order valence-corrected chi connectivity index (χ0v) is 8.23. The first kappa shape index (κ1) is 10.2. The Bertz CT molecular complexity index is 250. The smallest absolute Gasteiger partial charge is 0.306 e. The molecule has 0 aromatic carbocycles. The van der Waals surface area contributed by atoms with Crippen LogP contribution in [0.15, 0.2) is 4.99 Å². The van der Waals surface area contributed by atoms with Crippen LogP contribution in [0.1, 0.15) is 19.8 Å². The van der Waals surface area contributed by atoms with E-state index in [0.717, 1.165) is 5.04 Å². The van der Waals surface area contributed by atoms with Crippen molar-refractivity contribution in [3.05, 3.63) is 0 Å². The van der Waals surface area contributed by atoms with Crippen LogP contribution in [-0.4, -0.2) is 29.3 Å². The molecule has 1 aliphatic heterocycles. The number of aliphatic imine (C=N–C) groups is 1. The third-order valence-electron chi connectivity index (χ3n) is 1.46. The second kappa shape index (κ2) is 5.01. The predicted molar refractivity (Wildman–Crippen MR) is 50.8 cm³/mol. The Morgan fingerprint density at radius 2 is 2.46 bits per heavy atom. The number of esters is 1. The highest BCUT2D eigenvalue weighted by atomic mass is 32.2. The summed E-state index contributed by atoms with van der Waals surface area (Å²) in [6.45, 7) is 2.17. The molecule has 0 radical (unpaired) electrons. The lowest BCUT2D eigenvalue weighted by molar-refractivity contribution is -0.142. The van der Waals surface area contributed by atoms with Crippen molar-refractivity contribution in [3.63, 3.8) is 0 Å². The van der Waals surface area contributed by atoms with Crippen LogP contribution in [0.5, 0.6) is 0 Å². The van der Waals surface area contributed by atoms with Gasteiger partial charge in [0.25, 0.3) is 5.91 Å². The molecular formula is C8H11NO3S. The Hall–Kier alpha value is -0.840. The lowest BCUT2D eigenvalue weighted by atomic mass is 10.3. The molecule has 0 aromatic rings. The average Bonchev–Trinajstić information content (AvgIpc) is 2.49. The van der Waals surface area contributed by atoms with E-state index in [9.17, 15) is 9.59 Å². The maximum absolute atomic E-state index is 10.9. The molecule has 0 aromatic heterocycles. The van der Waals surface area contributed by atoms with Gasteiger partial charge in [-0.2, -0.15) is 0 Å². The number of rotatable bonds is 4. The molecule has 0 atom stereocenters. The van der Waals surface area contributed by atoms with Gasteiger partial charge in [0.05, 0.1) is 23.8 Å². The molecule has 1 heterocycles. The fraction of sp³-hybridized carbons (Fsp3) is 0.625. The van der Waals surface area contributed by atoms with Crippen LogP contribution in [0.4, 0.5) is 0 Å². The minimum absolute atomic E-state index is 0.108. The first-order chi connectivity index (χ1) is 6.22. The van der Waals surface area contributed by atoms with E-state index >= 15 is 0 Å². The number of ether oxygens (including phenoxy) is 1. The van der Waals surface area contributed by atoms with Gasteiger partial charge in [-0.25, -0.2) is 4.99 Å². The predicted octanol–water partition coefficient (Wildman–Crippen LogP) is 1.00. The van der Waals surface area contributed by atoms with Crippen molar-refractivity contribution in [2.45, 2.75) is 19.8 Å². The number of hydrogen-bond acceptors (Lipinski definition) is 4. The molecule has 1 aliphatic rings. The van der Waals surface area contributed by atoms with E-state index in [-0.39, 0.29) is 11.9 Å². The van der Waals surface area contributed by atoms with Crippen molar-refractivity contribution in [1.82, 2.24) is 0 Å². The van der Waals surface area contributed by atoms with Gasteiger partial charge in [0.2, 0.25) is 0 Å². The largest absolute Gasteiger partial charge is 0.466 e. The van der Waals surface area contributed by atoms with Crippen molar-refractivity contribution in [2.75, 3.05) is 12.4 Å². The van der Waals surface area contributed by atoms with Crippen molar-refractivity contribution >= 4 is 28.7 Å². The molecule has 0 spiro atoms. The first-order valence-corrected chi connectivity index (χ1v) is 5.09. The van der Waals surface area contributed by atoms with Crippen LogP contribution >= 0.6 is 11.8 Å². The Morgan fingerprint density at radius 1 is 1.69 bits per heavy atom. The molecule has 0 aliphatic carbocycles. The fourth-order valence-electron chi connectivity index (χ4n) is 0.919. The topological polar surface area (TPSA) is 55.7 Å². The number of carbonyl (C=O) groups excluding carboxylic acids is 2. The summed E-state index contributed by atoms with van der Waals surface area (Å²) >= 11 is 1.40. The minimum atomic E-state index is -0.231. The molecule has 0 bridgehead atoms. The third-order valence-corrected chi connectivity index (χ3v) is 2.48. The summed E-state index contributed by atoms with van der Waals surface area (Å²) in [5.41, 5.74) is 0. The lowest BCUT2D eigenvalue weighted by Crippen LogP contribution is -2.05. The van der Waals surface area contributed by atoms with Gasteiger partial charge < -0.3 is 4.74 Å². The second-order valence-electron chi connectivity index (χ2n) is 2.49. The molecule has 0 saturated heterocycles. The van der Waals surface area contributed by atoms with E-state index in [1.54, 1.807) is 6.92 Å². The number of hydrogen-bond donors (Lipinski definition) is 0. The van der Waals surface area contributed by atoms with Crippen molar-refractivity contribution in [2.24, 2.45) is 4.99 Å². The van der Waals surface area contributed by atoms with Crippen LogP contribution in [0, 0.1) is 0 Å². The lowest BCUT2D eigenvalue weighted by Gasteiger charge is -1.99. The first-order valence-electron chi connectivity index (χ1n) is 4.11. The van der Waals surface area contributed by atoms with Crippen LogP contribution < -0.4 is 0 Å². The van der Waals surface area contributed by atoms with E-state index in [1.165, 1.54) is 11.8 Å². The summed E-state index contributed by atoms with van der Waals surface area (Å²) in [6.07, 6.45) is 0.836. The highest BCUT2D eigenvalue weighted by molar-refractivity contribution is 8.15. The molecule has 0 fully saturated rings. The molecule has 0 unspecified atom stereocenters.